The minimum atomic E-state index is -0.766. The smallest absolute Gasteiger partial charge is 0.354 e. The fourth-order valence-corrected chi connectivity index (χ4v) is 2.94. The van der Waals surface area contributed by atoms with Crippen molar-refractivity contribution in [1.82, 2.24) is 14.1 Å². The van der Waals surface area contributed by atoms with Gasteiger partial charge in [0.2, 0.25) is 5.95 Å². The van der Waals surface area contributed by atoms with Crippen LogP contribution in [0.5, 0.6) is 5.75 Å². The predicted molar refractivity (Wildman–Crippen MR) is 120 cm³/mol. The molecule has 0 saturated heterocycles. The highest BCUT2D eigenvalue weighted by Gasteiger charge is 2.15. The molecule has 0 bridgehead atoms. The molecule has 10 heteroatoms. The van der Waals surface area contributed by atoms with Crippen molar-refractivity contribution >= 4 is 17.6 Å². The Morgan fingerprint density at radius 2 is 1.66 bits per heavy atom. The van der Waals surface area contributed by atoms with Gasteiger partial charge in [0.05, 0.1) is 32.9 Å². The molecule has 0 unspecified atom stereocenters. The lowest BCUT2D eigenvalue weighted by atomic mass is 10.1. The van der Waals surface area contributed by atoms with Gasteiger partial charge in [-0.1, -0.05) is 29.8 Å². The van der Waals surface area contributed by atoms with Gasteiger partial charge in [-0.15, -0.1) is 0 Å². The van der Waals surface area contributed by atoms with Gasteiger partial charge in [0.25, 0.3) is 0 Å². The SMILES string of the molecule is COC(=O)CCn1c(=O)nc(NNc2ccc(OC)cc2)n(Cc2ccc(C)cc2)c1=O. The van der Waals surface area contributed by atoms with Gasteiger partial charge < -0.3 is 9.47 Å². The standard InChI is InChI=1S/C22H25N5O5/c1-15-4-6-16(7-5-15)14-27-20(25-24-17-8-10-18(31-2)11-9-17)23-21(29)26(22(27)30)13-12-19(28)32-3/h4-11,24H,12-14H2,1-3H3,(H,23,25,29). The van der Waals surface area contributed by atoms with Gasteiger partial charge in [-0.3, -0.25) is 20.2 Å². The summed E-state index contributed by atoms with van der Waals surface area (Å²) in [7, 11) is 2.82. The number of nitrogens with one attached hydrogen (secondary N) is 2. The molecule has 0 amide bonds. The lowest BCUT2D eigenvalue weighted by Gasteiger charge is -2.16. The molecule has 0 aliphatic rings. The Morgan fingerprint density at radius 3 is 2.28 bits per heavy atom. The Kier molecular flexibility index (Phi) is 7.27. The van der Waals surface area contributed by atoms with Crippen molar-refractivity contribution in [3.05, 3.63) is 80.6 Å². The Morgan fingerprint density at radius 1 is 0.969 bits per heavy atom. The summed E-state index contributed by atoms with van der Waals surface area (Å²) in [5, 5.41) is 0. The maximum absolute atomic E-state index is 13.1. The van der Waals surface area contributed by atoms with Crippen molar-refractivity contribution in [2.75, 3.05) is 25.1 Å². The molecule has 0 radical (unpaired) electrons. The van der Waals surface area contributed by atoms with E-state index in [1.54, 1.807) is 31.4 Å². The normalized spacial score (nSPS) is 10.5. The Labute approximate surface area is 184 Å². The molecule has 3 aromatic rings. The van der Waals surface area contributed by atoms with Gasteiger partial charge >= 0.3 is 17.3 Å². The van der Waals surface area contributed by atoms with E-state index in [0.29, 0.717) is 11.4 Å². The van der Waals surface area contributed by atoms with Crippen LogP contribution in [0.4, 0.5) is 11.6 Å². The topological polar surface area (TPSA) is 116 Å². The molecule has 0 aliphatic heterocycles. The van der Waals surface area contributed by atoms with Crippen molar-refractivity contribution in [1.29, 1.82) is 0 Å². The van der Waals surface area contributed by atoms with Gasteiger partial charge in [-0.05, 0) is 36.8 Å². The molecule has 1 aromatic heterocycles. The number of benzene rings is 2. The summed E-state index contributed by atoms with van der Waals surface area (Å²) in [6.07, 6.45) is -0.116. The number of aryl methyl sites for hydroxylation is 1. The number of hydrogen-bond acceptors (Lipinski definition) is 8. The zero-order valence-corrected chi connectivity index (χ0v) is 18.1. The first-order valence-electron chi connectivity index (χ1n) is 9.91. The number of ether oxygens (including phenoxy) is 2. The summed E-state index contributed by atoms with van der Waals surface area (Å²) in [4.78, 5) is 41.1. The maximum Gasteiger partial charge on any atom is 0.354 e. The van der Waals surface area contributed by atoms with E-state index >= 15 is 0 Å². The van der Waals surface area contributed by atoms with E-state index in [-0.39, 0.29) is 25.5 Å². The van der Waals surface area contributed by atoms with Crippen molar-refractivity contribution in [2.24, 2.45) is 0 Å². The molecule has 10 nitrogen and oxygen atoms in total. The van der Waals surface area contributed by atoms with E-state index in [9.17, 15) is 14.4 Å². The lowest BCUT2D eigenvalue weighted by molar-refractivity contribution is -0.140. The molecule has 0 fully saturated rings. The van der Waals surface area contributed by atoms with Crippen LogP contribution in [0.2, 0.25) is 0 Å². The number of carbonyl (C=O) groups excluding carboxylic acids is 1. The van der Waals surface area contributed by atoms with Crippen molar-refractivity contribution in [3.63, 3.8) is 0 Å². The molecular formula is C22H25N5O5. The number of hydrazine groups is 1. The first kappa shape index (κ1) is 22.6. The number of aromatic nitrogens is 3. The number of carbonyl (C=O) groups is 1. The van der Waals surface area contributed by atoms with Crippen LogP contribution in [0.25, 0.3) is 0 Å². The molecule has 32 heavy (non-hydrogen) atoms. The number of esters is 1. The van der Waals surface area contributed by atoms with Crippen LogP contribution in [0, 0.1) is 6.92 Å². The fraction of sp³-hybridized carbons (Fsp3) is 0.273. The quantitative estimate of drug-likeness (QED) is 0.383. The summed E-state index contributed by atoms with van der Waals surface area (Å²) in [6.45, 7) is 2.02. The lowest BCUT2D eigenvalue weighted by Crippen LogP contribution is -2.43. The van der Waals surface area contributed by atoms with E-state index < -0.39 is 17.3 Å². The van der Waals surface area contributed by atoms with Crippen LogP contribution in [-0.2, 0) is 22.6 Å². The largest absolute Gasteiger partial charge is 0.497 e. The average Bonchev–Trinajstić information content (AvgIpc) is 2.81. The highest BCUT2D eigenvalue weighted by atomic mass is 16.5. The van der Waals surface area contributed by atoms with Crippen LogP contribution in [-0.4, -0.2) is 34.3 Å². The number of methoxy groups -OCH3 is 2. The molecule has 0 atom stereocenters. The minimum absolute atomic E-state index is 0.0470. The first-order valence-corrected chi connectivity index (χ1v) is 9.91. The molecule has 1 heterocycles. The highest BCUT2D eigenvalue weighted by molar-refractivity contribution is 5.68. The molecule has 2 N–H and O–H groups in total. The second-order valence-corrected chi connectivity index (χ2v) is 7.03. The third kappa shape index (κ3) is 5.54. The van der Waals surface area contributed by atoms with E-state index in [1.807, 2.05) is 31.2 Å². The molecule has 168 valence electrons. The zero-order valence-electron chi connectivity index (χ0n) is 18.1. The van der Waals surface area contributed by atoms with Crippen LogP contribution in [0.15, 0.2) is 58.1 Å². The monoisotopic (exact) mass is 439 g/mol. The maximum atomic E-state index is 13.1. The molecule has 0 aliphatic carbocycles. The Hall–Kier alpha value is -4.08. The molecule has 3 rings (SSSR count). The van der Waals surface area contributed by atoms with Crippen molar-refractivity contribution in [3.8, 4) is 5.75 Å². The Balaban J connectivity index is 1.93. The second kappa shape index (κ2) is 10.3. The van der Waals surface area contributed by atoms with Crippen molar-refractivity contribution in [2.45, 2.75) is 26.4 Å². The highest BCUT2D eigenvalue weighted by Crippen LogP contribution is 2.15. The van der Waals surface area contributed by atoms with Gasteiger partial charge in [0.15, 0.2) is 0 Å². The summed E-state index contributed by atoms with van der Waals surface area (Å²) in [5.41, 5.74) is 7.03. The average molecular weight is 439 g/mol. The molecular weight excluding hydrogens is 414 g/mol. The van der Waals surface area contributed by atoms with E-state index in [0.717, 1.165) is 15.7 Å². The minimum Gasteiger partial charge on any atom is -0.497 e. The third-order valence-electron chi connectivity index (χ3n) is 4.79. The number of anilines is 2. The molecule has 0 spiro atoms. The van der Waals surface area contributed by atoms with Gasteiger partial charge in [-0.2, -0.15) is 4.98 Å². The number of rotatable bonds is 9. The zero-order chi connectivity index (χ0) is 23.1. The first-order chi connectivity index (χ1) is 15.4. The van der Waals surface area contributed by atoms with Gasteiger partial charge in [-0.25, -0.2) is 14.2 Å². The van der Waals surface area contributed by atoms with E-state index in [4.69, 9.17) is 4.74 Å². The number of hydrogen-bond donors (Lipinski definition) is 2. The van der Waals surface area contributed by atoms with E-state index in [2.05, 4.69) is 20.6 Å². The Bertz CT molecular complexity index is 1180. The van der Waals surface area contributed by atoms with Crippen molar-refractivity contribution < 1.29 is 14.3 Å². The molecule has 2 aromatic carbocycles. The summed E-state index contributed by atoms with van der Waals surface area (Å²) < 4.78 is 12.0. The fourth-order valence-electron chi connectivity index (χ4n) is 2.94. The van der Waals surface area contributed by atoms with Crippen LogP contribution in [0.3, 0.4) is 0 Å². The third-order valence-corrected chi connectivity index (χ3v) is 4.79. The summed E-state index contributed by atoms with van der Waals surface area (Å²) >= 11 is 0. The van der Waals surface area contributed by atoms with Gasteiger partial charge in [0, 0.05) is 6.54 Å². The molecule has 0 saturated carbocycles. The predicted octanol–water partition coefficient (Wildman–Crippen LogP) is 1.77. The van der Waals surface area contributed by atoms with Crippen LogP contribution in [0.1, 0.15) is 17.5 Å². The summed E-state index contributed by atoms with van der Waals surface area (Å²) in [5.74, 6) is 0.216. The number of nitrogens with zero attached hydrogens (tertiary/aromatic N) is 3. The van der Waals surface area contributed by atoms with Gasteiger partial charge in [0.1, 0.15) is 5.75 Å². The summed E-state index contributed by atoms with van der Waals surface area (Å²) in [6, 6.07) is 14.7. The van der Waals surface area contributed by atoms with Crippen LogP contribution < -0.4 is 27.0 Å². The van der Waals surface area contributed by atoms with E-state index in [1.165, 1.54) is 11.7 Å². The second-order valence-electron chi connectivity index (χ2n) is 7.03. The van der Waals surface area contributed by atoms with Crippen LogP contribution >= 0.6 is 0 Å².